The van der Waals surface area contributed by atoms with Crippen LogP contribution in [0, 0.1) is 25.2 Å². The number of hydrogen-bond donors (Lipinski definition) is 2. The van der Waals surface area contributed by atoms with Crippen LogP contribution in [-0.4, -0.2) is 44.0 Å². The number of rotatable bonds is 4. The number of aryl methyl sites for hydroxylation is 2. The molecule has 34 heavy (non-hydrogen) atoms. The van der Waals surface area contributed by atoms with Crippen LogP contribution in [0.15, 0.2) is 48.7 Å². The summed E-state index contributed by atoms with van der Waals surface area (Å²) in [5, 5.41) is 19.7. The molecule has 168 valence electrons. The Bertz CT molecular complexity index is 1480. The molecule has 0 aliphatic carbocycles. The normalized spacial score (nSPS) is 15.2. The first kappa shape index (κ1) is 21.3. The molecule has 2 N–H and O–H groups in total. The number of amides is 2. The predicted octanol–water partition coefficient (Wildman–Crippen LogP) is 2.57. The quantitative estimate of drug-likeness (QED) is 0.491. The molecule has 0 bridgehead atoms. The summed E-state index contributed by atoms with van der Waals surface area (Å²) in [7, 11) is 0. The van der Waals surface area contributed by atoms with E-state index in [1.807, 2.05) is 38.1 Å². The van der Waals surface area contributed by atoms with E-state index in [4.69, 9.17) is 5.10 Å². The largest absolute Gasteiger partial charge is 0.354 e. The van der Waals surface area contributed by atoms with E-state index in [1.54, 1.807) is 28.9 Å². The number of pyridine rings is 1. The Morgan fingerprint density at radius 3 is 2.65 bits per heavy atom. The van der Waals surface area contributed by atoms with Crippen molar-refractivity contribution in [2.75, 3.05) is 6.54 Å². The summed E-state index contributed by atoms with van der Waals surface area (Å²) in [4.78, 5) is 33.5. The minimum atomic E-state index is -0.355. The highest BCUT2D eigenvalue weighted by Crippen LogP contribution is 2.35. The molecule has 1 aliphatic heterocycles. The van der Waals surface area contributed by atoms with Gasteiger partial charge in [0.2, 0.25) is 5.91 Å². The van der Waals surface area contributed by atoms with Crippen molar-refractivity contribution in [3.63, 3.8) is 0 Å². The van der Waals surface area contributed by atoms with Gasteiger partial charge in [-0.1, -0.05) is 12.1 Å². The number of carbonyl (C=O) groups is 2. The van der Waals surface area contributed by atoms with E-state index in [1.165, 1.54) is 0 Å². The summed E-state index contributed by atoms with van der Waals surface area (Å²) in [6.07, 6.45) is 1.94. The highest BCUT2D eigenvalue weighted by atomic mass is 16.2. The number of nitrogens with zero attached hydrogens (tertiary/aromatic N) is 5. The van der Waals surface area contributed by atoms with Gasteiger partial charge in [-0.3, -0.25) is 14.6 Å². The fourth-order valence-corrected chi connectivity index (χ4v) is 4.20. The van der Waals surface area contributed by atoms with Crippen LogP contribution < -0.4 is 10.6 Å². The molecule has 1 fully saturated rings. The third kappa shape index (κ3) is 3.97. The van der Waals surface area contributed by atoms with Gasteiger partial charge in [0, 0.05) is 36.1 Å². The zero-order valence-corrected chi connectivity index (χ0v) is 18.7. The van der Waals surface area contributed by atoms with Gasteiger partial charge in [-0.25, -0.2) is 9.50 Å². The minimum Gasteiger partial charge on any atom is -0.354 e. The number of carbonyl (C=O) groups excluding carboxylic acids is 2. The maximum Gasteiger partial charge on any atom is 0.270 e. The fourth-order valence-electron chi connectivity index (χ4n) is 4.20. The first-order chi connectivity index (χ1) is 16.4. The number of nitrogens with one attached hydrogen (secondary N) is 2. The molecular formula is C25H21N7O2. The van der Waals surface area contributed by atoms with E-state index in [0.29, 0.717) is 23.4 Å². The van der Waals surface area contributed by atoms with E-state index in [-0.39, 0.29) is 30.0 Å². The second-order valence-electron chi connectivity index (χ2n) is 8.31. The van der Waals surface area contributed by atoms with Gasteiger partial charge in [0.25, 0.3) is 5.91 Å². The highest BCUT2D eigenvalue weighted by molar-refractivity contribution is 5.96. The maximum atomic E-state index is 12.9. The van der Waals surface area contributed by atoms with E-state index < -0.39 is 0 Å². The van der Waals surface area contributed by atoms with Crippen molar-refractivity contribution in [1.82, 2.24) is 30.2 Å². The Balaban J connectivity index is 1.66. The predicted molar refractivity (Wildman–Crippen MR) is 125 cm³/mol. The van der Waals surface area contributed by atoms with Gasteiger partial charge in [-0.15, -0.1) is 0 Å². The number of nitriles is 1. The number of hydrogen-bond acceptors (Lipinski definition) is 6. The Morgan fingerprint density at radius 1 is 1.15 bits per heavy atom. The van der Waals surface area contributed by atoms with Crippen LogP contribution in [0.2, 0.25) is 0 Å². The SMILES string of the molecule is Cc1cc(-c2c(-c3cccc(C#N)c3)nn3ccc(C(=O)NC4CNC(=O)C4)nc23)cc(C)n1. The Morgan fingerprint density at radius 2 is 1.94 bits per heavy atom. The molecule has 1 unspecified atom stereocenters. The van der Waals surface area contributed by atoms with Crippen LogP contribution in [0.4, 0.5) is 0 Å². The number of fused-ring (bicyclic) bond motifs is 1. The van der Waals surface area contributed by atoms with E-state index in [0.717, 1.165) is 28.1 Å². The molecule has 4 heterocycles. The molecule has 0 saturated carbocycles. The summed E-state index contributed by atoms with van der Waals surface area (Å²) in [6, 6.07) is 14.6. The molecule has 0 spiro atoms. The van der Waals surface area contributed by atoms with Crippen molar-refractivity contribution in [1.29, 1.82) is 5.26 Å². The van der Waals surface area contributed by atoms with Crippen molar-refractivity contribution < 1.29 is 9.59 Å². The van der Waals surface area contributed by atoms with Gasteiger partial charge in [0.05, 0.1) is 23.2 Å². The second-order valence-corrected chi connectivity index (χ2v) is 8.31. The molecule has 1 aromatic carbocycles. The van der Waals surface area contributed by atoms with Crippen LogP contribution in [0.25, 0.3) is 28.0 Å². The molecule has 1 atom stereocenters. The second kappa shape index (κ2) is 8.41. The summed E-state index contributed by atoms with van der Waals surface area (Å²) in [6.45, 7) is 4.24. The lowest BCUT2D eigenvalue weighted by Gasteiger charge is -2.10. The third-order valence-corrected chi connectivity index (χ3v) is 5.67. The molecule has 5 rings (SSSR count). The van der Waals surface area contributed by atoms with Crippen molar-refractivity contribution in [3.8, 4) is 28.5 Å². The maximum absolute atomic E-state index is 12.9. The first-order valence-electron chi connectivity index (χ1n) is 10.8. The minimum absolute atomic E-state index is 0.0838. The van der Waals surface area contributed by atoms with Gasteiger partial charge in [0.15, 0.2) is 5.65 Å². The lowest BCUT2D eigenvalue weighted by atomic mass is 9.99. The van der Waals surface area contributed by atoms with Gasteiger partial charge < -0.3 is 10.6 Å². The zero-order chi connectivity index (χ0) is 23.8. The van der Waals surface area contributed by atoms with Crippen molar-refractivity contribution in [3.05, 3.63) is 71.3 Å². The Kier molecular flexibility index (Phi) is 5.26. The first-order valence-corrected chi connectivity index (χ1v) is 10.8. The van der Waals surface area contributed by atoms with Crippen molar-refractivity contribution in [2.45, 2.75) is 26.3 Å². The third-order valence-electron chi connectivity index (χ3n) is 5.67. The lowest BCUT2D eigenvalue weighted by molar-refractivity contribution is -0.119. The van der Waals surface area contributed by atoms with E-state index in [9.17, 15) is 14.9 Å². The summed E-state index contributed by atoms with van der Waals surface area (Å²) >= 11 is 0. The molecule has 2 amide bonds. The van der Waals surface area contributed by atoms with Crippen LogP contribution in [0.1, 0.15) is 33.9 Å². The summed E-state index contributed by atoms with van der Waals surface area (Å²) < 4.78 is 1.63. The molecule has 3 aromatic heterocycles. The molecule has 4 aromatic rings. The topological polar surface area (TPSA) is 125 Å². The summed E-state index contributed by atoms with van der Waals surface area (Å²) in [5.74, 6) is -0.439. The van der Waals surface area contributed by atoms with Gasteiger partial charge in [-0.05, 0) is 49.7 Å². The van der Waals surface area contributed by atoms with Gasteiger partial charge >= 0.3 is 0 Å². The Labute approximate surface area is 195 Å². The molecule has 9 nitrogen and oxygen atoms in total. The monoisotopic (exact) mass is 451 g/mol. The average molecular weight is 451 g/mol. The van der Waals surface area contributed by atoms with Crippen LogP contribution in [-0.2, 0) is 4.79 Å². The highest BCUT2D eigenvalue weighted by Gasteiger charge is 2.25. The molecule has 1 saturated heterocycles. The lowest BCUT2D eigenvalue weighted by Crippen LogP contribution is -2.36. The Hall–Kier alpha value is -4.58. The smallest absolute Gasteiger partial charge is 0.270 e. The van der Waals surface area contributed by atoms with E-state index >= 15 is 0 Å². The van der Waals surface area contributed by atoms with Crippen LogP contribution >= 0.6 is 0 Å². The molecule has 1 aliphatic rings. The average Bonchev–Trinajstić information content (AvgIpc) is 3.41. The van der Waals surface area contributed by atoms with Crippen molar-refractivity contribution >= 4 is 17.5 Å². The molecule has 0 radical (unpaired) electrons. The molecular weight excluding hydrogens is 430 g/mol. The van der Waals surface area contributed by atoms with E-state index in [2.05, 4.69) is 26.7 Å². The van der Waals surface area contributed by atoms with Crippen LogP contribution in [0.3, 0.4) is 0 Å². The summed E-state index contributed by atoms with van der Waals surface area (Å²) in [5.41, 5.74) is 5.99. The van der Waals surface area contributed by atoms with Crippen molar-refractivity contribution in [2.24, 2.45) is 0 Å². The number of benzene rings is 1. The number of aromatic nitrogens is 4. The van der Waals surface area contributed by atoms with Crippen LogP contribution in [0.5, 0.6) is 0 Å². The zero-order valence-electron chi connectivity index (χ0n) is 18.7. The van der Waals surface area contributed by atoms with Gasteiger partial charge in [-0.2, -0.15) is 10.4 Å². The standard InChI is InChI=1S/C25H21N7O2/c1-14-8-18(9-15(2)28-14)22-23(17-5-3-4-16(10-17)12-26)31-32-7-6-20(30-24(22)32)25(34)29-19-11-21(33)27-13-19/h3-10,19H,11,13H2,1-2H3,(H,27,33)(H,29,34). The molecule has 9 heteroatoms. The fraction of sp³-hybridized carbons (Fsp3) is 0.200. The van der Waals surface area contributed by atoms with Gasteiger partial charge in [0.1, 0.15) is 11.4 Å².